The Morgan fingerprint density at radius 1 is 1.13 bits per heavy atom. The summed E-state index contributed by atoms with van der Waals surface area (Å²) >= 11 is 1.50. The number of thiazole rings is 1. The summed E-state index contributed by atoms with van der Waals surface area (Å²) in [7, 11) is 2.90. The number of hydrogen-bond acceptors (Lipinski definition) is 10. The summed E-state index contributed by atoms with van der Waals surface area (Å²) in [5, 5.41) is 6.83. The number of hydrogen-bond donors (Lipinski definition) is 1. The maximum absolute atomic E-state index is 12.9. The molecular weight excluding hydrogens is 508 g/mol. The van der Waals surface area contributed by atoms with Gasteiger partial charge in [-0.05, 0) is 46.8 Å². The second-order valence-electron chi connectivity index (χ2n) is 10.4. The van der Waals surface area contributed by atoms with Crippen molar-refractivity contribution in [3.63, 3.8) is 0 Å². The van der Waals surface area contributed by atoms with E-state index in [1.165, 1.54) is 23.3 Å². The van der Waals surface area contributed by atoms with E-state index in [0.29, 0.717) is 28.4 Å². The Bertz CT molecular complexity index is 1320. The number of methoxy groups -OCH3 is 2. The van der Waals surface area contributed by atoms with Crippen LogP contribution in [0.25, 0.3) is 22.3 Å². The molecule has 3 aromatic rings. The number of carbonyl (C=O) groups is 2. The molecule has 1 aliphatic rings. The number of rotatable bonds is 7. The lowest BCUT2D eigenvalue weighted by Crippen LogP contribution is -2.44. The lowest BCUT2D eigenvalue weighted by Gasteiger charge is -2.27. The van der Waals surface area contributed by atoms with Gasteiger partial charge in [0.2, 0.25) is 0 Å². The highest BCUT2D eigenvalue weighted by Gasteiger charge is 2.43. The summed E-state index contributed by atoms with van der Waals surface area (Å²) in [5.74, 6) is 0.717. The minimum absolute atomic E-state index is 0.170. The van der Waals surface area contributed by atoms with Gasteiger partial charge in [0.15, 0.2) is 5.13 Å². The zero-order valence-electron chi connectivity index (χ0n) is 22.7. The first-order valence-electron chi connectivity index (χ1n) is 12.4. The van der Waals surface area contributed by atoms with E-state index in [0.717, 1.165) is 10.5 Å². The largest absolute Gasteiger partial charge is 0.497 e. The number of benzene rings is 1. The molecule has 1 N–H and O–H groups in total. The van der Waals surface area contributed by atoms with Crippen LogP contribution in [0.2, 0.25) is 0 Å². The maximum Gasteiger partial charge on any atom is 0.411 e. The highest BCUT2D eigenvalue weighted by atomic mass is 32.1. The predicted octanol–water partition coefficient (Wildman–Crippen LogP) is 5.12. The second kappa shape index (κ2) is 11.0. The minimum Gasteiger partial charge on any atom is -0.497 e. The SMILES string of the molecule is COC(=O)[C@@H]1C[C@@H](Oc2cc(-c3csc(NC(C)C)n3)nc3cc(OC)ccc23)CN1C(=O)OC(C)(C)C. The average Bonchev–Trinajstić information content (AvgIpc) is 3.49. The van der Waals surface area contributed by atoms with E-state index in [4.69, 9.17) is 23.9 Å². The van der Waals surface area contributed by atoms with Gasteiger partial charge in [-0.3, -0.25) is 4.90 Å². The molecule has 1 amide bonds. The van der Waals surface area contributed by atoms with E-state index < -0.39 is 29.8 Å². The second-order valence-corrected chi connectivity index (χ2v) is 11.2. The Hall–Kier alpha value is -3.60. The van der Waals surface area contributed by atoms with Gasteiger partial charge in [-0.25, -0.2) is 19.6 Å². The van der Waals surface area contributed by atoms with Gasteiger partial charge >= 0.3 is 12.1 Å². The van der Waals surface area contributed by atoms with Crippen LogP contribution in [0.3, 0.4) is 0 Å². The van der Waals surface area contributed by atoms with Crippen molar-refractivity contribution in [3.05, 3.63) is 29.6 Å². The van der Waals surface area contributed by atoms with Crippen LogP contribution in [0.15, 0.2) is 29.6 Å². The van der Waals surface area contributed by atoms with Gasteiger partial charge in [0.05, 0.1) is 32.0 Å². The number of amides is 1. The van der Waals surface area contributed by atoms with Crippen molar-refractivity contribution in [2.24, 2.45) is 0 Å². The van der Waals surface area contributed by atoms with Crippen LogP contribution < -0.4 is 14.8 Å². The number of ether oxygens (including phenoxy) is 4. The highest BCUT2D eigenvalue weighted by Crippen LogP contribution is 2.35. The molecule has 11 heteroatoms. The smallest absolute Gasteiger partial charge is 0.411 e. The summed E-state index contributed by atoms with van der Waals surface area (Å²) in [4.78, 5) is 36.3. The van der Waals surface area contributed by atoms with E-state index in [1.54, 1.807) is 27.9 Å². The Kier molecular flexibility index (Phi) is 7.96. The third-order valence-corrected chi connectivity index (χ3v) is 6.59. The molecule has 1 aromatic carbocycles. The number of aromatic nitrogens is 2. The van der Waals surface area contributed by atoms with Gasteiger partial charge in [-0.2, -0.15) is 0 Å². The lowest BCUT2D eigenvalue weighted by molar-refractivity contribution is -0.145. The number of likely N-dealkylation sites (tertiary alicyclic amines) is 1. The standard InChI is InChI=1S/C27H34N4O6S/c1-15(2)28-25-30-21(14-38-25)20-12-23(18-9-8-16(34-6)10-19(18)29-20)36-17-11-22(24(32)35-7)31(13-17)26(33)37-27(3,4)5/h8-10,12,14-15,17,22H,11,13H2,1-7H3,(H,28,30)/t17-,22+/m1/s1. The molecule has 0 unspecified atom stereocenters. The van der Waals surface area contributed by atoms with Crippen LogP contribution in [0.5, 0.6) is 11.5 Å². The van der Waals surface area contributed by atoms with Gasteiger partial charge in [-0.15, -0.1) is 11.3 Å². The topological polar surface area (TPSA) is 112 Å². The molecule has 1 aliphatic heterocycles. The van der Waals surface area contributed by atoms with Crippen LogP contribution in [0.1, 0.15) is 41.0 Å². The molecule has 2 aromatic heterocycles. The molecular formula is C27H34N4O6S. The van der Waals surface area contributed by atoms with Gasteiger partial charge in [0.1, 0.15) is 34.9 Å². The van der Waals surface area contributed by atoms with E-state index in [-0.39, 0.29) is 19.0 Å². The van der Waals surface area contributed by atoms with Crippen molar-refractivity contribution in [3.8, 4) is 22.9 Å². The fraction of sp³-hybridized carbons (Fsp3) is 0.481. The van der Waals surface area contributed by atoms with Crippen molar-refractivity contribution in [2.45, 2.75) is 64.8 Å². The average molecular weight is 543 g/mol. The lowest BCUT2D eigenvalue weighted by atomic mass is 10.1. The molecule has 1 fully saturated rings. The van der Waals surface area contributed by atoms with E-state index in [2.05, 4.69) is 24.1 Å². The Balaban J connectivity index is 1.68. The van der Waals surface area contributed by atoms with E-state index >= 15 is 0 Å². The number of nitrogens with one attached hydrogen (secondary N) is 1. The number of pyridine rings is 1. The number of esters is 1. The Morgan fingerprint density at radius 2 is 1.89 bits per heavy atom. The maximum atomic E-state index is 12.9. The molecule has 4 rings (SSSR count). The van der Waals surface area contributed by atoms with Crippen molar-refractivity contribution in [1.82, 2.24) is 14.9 Å². The molecule has 0 radical (unpaired) electrons. The van der Waals surface area contributed by atoms with Crippen molar-refractivity contribution >= 4 is 39.4 Å². The third kappa shape index (κ3) is 6.27. The monoisotopic (exact) mass is 542 g/mol. The number of anilines is 1. The fourth-order valence-corrected chi connectivity index (χ4v) is 5.03. The first kappa shape index (κ1) is 27.4. The molecule has 0 saturated carbocycles. The van der Waals surface area contributed by atoms with Crippen LogP contribution in [-0.2, 0) is 14.3 Å². The van der Waals surface area contributed by atoms with Crippen molar-refractivity contribution in [2.75, 3.05) is 26.1 Å². The van der Waals surface area contributed by atoms with Gasteiger partial charge in [0.25, 0.3) is 0 Å². The molecule has 204 valence electrons. The third-order valence-electron chi connectivity index (χ3n) is 5.82. The van der Waals surface area contributed by atoms with Crippen LogP contribution in [0, 0.1) is 0 Å². The number of carbonyl (C=O) groups excluding carboxylic acids is 2. The zero-order valence-corrected chi connectivity index (χ0v) is 23.5. The normalized spacial score (nSPS) is 17.5. The first-order chi connectivity index (χ1) is 18.0. The van der Waals surface area contributed by atoms with Gasteiger partial charge in [-0.1, -0.05) is 0 Å². The van der Waals surface area contributed by atoms with Gasteiger partial charge < -0.3 is 24.3 Å². The summed E-state index contributed by atoms with van der Waals surface area (Å²) in [5.41, 5.74) is 1.32. The molecule has 10 nitrogen and oxygen atoms in total. The molecule has 0 spiro atoms. The van der Waals surface area contributed by atoms with Crippen LogP contribution in [0.4, 0.5) is 9.93 Å². The summed E-state index contributed by atoms with van der Waals surface area (Å²) in [6.07, 6.45) is -0.794. The Labute approximate surface area is 226 Å². The summed E-state index contributed by atoms with van der Waals surface area (Å²) < 4.78 is 22.4. The molecule has 3 heterocycles. The molecule has 38 heavy (non-hydrogen) atoms. The van der Waals surface area contributed by atoms with Crippen molar-refractivity contribution < 1.29 is 28.5 Å². The molecule has 0 bridgehead atoms. The predicted molar refractivity (Wildman–Crippen MR) is 146 cm³/mol. The van der Waals surface area contributed by atoms with Crippen molar-refractivity contribution in [1.29, 1.82) is 0 Å². The summed E-state index contributed by atoms with van der Waals surface area (Å²) in [6, 6.07) is 6.83. The number of nitrogens with zero attached hydrogens (tertiary/aromatic N) is 3. The quantitative estimate of drug-likeness (QED) is 0.407. The first-order valence-corrected chi connectivity index (χ1v) is 13.3. The van der Waals surface area contributed by atoms with E-state index in [1.807, 2.05) is 29.6 Å². The zero-order chi connectivity index (χ0) is 27.6. The van der Waals surface area contributed by atoms with Crippen LogP contribution in [-0.4, -0.2) is 71.5 Å². The molecule has 1 saturated heterocycles. The molecule has 0 aliphatic carbocycles. The fourth-order valence-electron chi connectivity index (χ4n) is 4.18. The van der Waals surface area contributed by atoms with Gasteiger partial charge in [0, 0.05) is 35.4 Å². The Morgan fingerprint density at radius 3 is 2.55 bits per heavy atom. The molecule has 2 atom stereocenters. The summed E-state index contributed by atoms with van der Waals surface area (Å²) in [6.45, 7) is 9.61. The minimum atomic E-state index is -0.810. The number of fused-ring (bicyclic) bond motifs is 1. The van der Waals surface area contributed by atoms with Crippen LogP contribution >= 0.6 is 11.3 Å². The van der Waals surface area contributed by atoms with E-state index in [9.17, 15) is 9.59 Å². The highest BCUT2D eigenvalue weighted by molar-refractivity contribution is 7.14.